The second-order valence-corrected chi connectivity index (χ2v) is 4.90. The maximum atomic E-state index is 10.8. The van der Waals surface area contributed by atoms with E-state index in [2.05, 4.69) is 4.98 Å². The van der Waals surface area contributed by atoms with Gasteiger partial charge in [-0.2, -0.15) is 0 Å². The molecule has 1 aromatic carbocycles. The summed E-state index contributed by atoms with van der Waals surface area (Å²) in [5.74, 6) is -0.973. The highest BCUT2D eigenvalue weighted by atomic mass is 35.5. The molecule has 0 aliphatic carbocycles. The van der Waals surface area contributed by atoms with Crippen LogP contribution >= 0.6 is 22.9 Å². The number of hydrogen-bond donors (Lipinski definition) is 1. The molecule has 2 aromatic rings. The molecule has 0 amide bonds. The van der Waals surface area contributed by atoms with Crippen LogP contribution in [0.2, 0.25) is 5.02 Å². The van der Waals surface area contributed by atoms with Crippen molar-refractivity contribution in [2.24, 2.45) is 0 Å². The highest BCUT2D eigenvalue weighted by Gasteiger charge is 2.15. The molecule has 19 heavy (non-hydrogen) atoms. The smallest absolute Gasteiger partial charge is 0.309 e. The third-order valence-electron chi connectivity index (χ3n) is 2.27. The molecular weight excluding hydrogens is 292 g/mol. The van der Waals surface area contributed by atoms with Crippen molar-refractivity contribution < 1.29 is 14.8 Å². The SMILES string of the molecule is O=C(O)Cc1csc(-c2ccc(Cl)c([N+](=O)[O-])c2)n1. The first kappa shape index (κ1) is 13.4. The molecule has 0 radical (unpaired) electrons. The van der Waals surface area contributed by atoms with Crippen molar-refractivity contribution in [3.8, 4) is 10.6 Å². The summed E-state index contributed by atoms with van der Waals surface area (Å²) < 4.78 is 0. The second-order valence-electron chi connectivity index (χ2n) is 3.64. The molecule has 8 heteroatoms. The van der Waals surface area contributed by atoms with Crippen LogP contribution in [0.5, 0.6) is 0 Å². The Morgan fingerprint density at radius 1 is 1.53 bits per heavy atom. The van der Waals surface area contributed by atoms with E-state index in [0.717, 1.165) is 0 Å². The molecule has 2 rings (SSSR count). The Balaban J connectivity index is 2.36. The maximum Gasteiger partial charge on any atom is 0.309 e. The average molecular weight is 299 g/mol. The number of nitro benzene ring substituents is 1. The standard InChI is InChI=1S/C11H7ClN2O4S/c12-8-2-1-6(3-9(8)14(17)18)11-13-7(5-19-11)4-10(15)16/h1-3,5H,4H2,(H,15,16). The Labute approximate surface area is 116 Å². The quantitative estimate of drug-likeness (QED) is 0.691. The summed E-state index contributed by atoms with van der Waals surface area (Å²) in [6, 6.07) is 4.36. The third-order valence-corrected chi connectivity index (χ3v) is 3.53. The molecule has 0 atom stereocenters. The lowest BCUT2D eigenvalue weighted by atomic mass is 10.2. The zero-order valence-corrected chi connectivity index (χ0v) is 10.9. The van der Waals surface area contributed by atoms with E-state index in [1.807, 2.05) is 0 Å². The van der Waals surface area contributed by atoms with E-state index in [0.29, 0.717) is 16.3 Å². The largest absolute Gasteiger partial charge is 0.481 e. The van der Waals surface area contributed by atoms with E-state index in [9.17, 15) is 14.9 Å². The topological polar surface area (TPSA) is 93.3 Å². The first-order valence-corrected chi connectivity index (χ1v) is 6.33. The molecule has 0 saturated heterocycles. The monoisotopic (exact) mass is 298 g/mol. The van der Waals surface area contributed by atoms with E-state index in [4.69, 9.17) is 16.7 Å². The summed E-state index contributed by atoms with van der Waals surface area (Å²) in [4.78, 5) is 24.9. The Morgan fingerprint density at radius 2 is 2.26 bits per heavy atom. The number of aliphatic carboxylic acids is 1. The van der Waals surface area contributed by atoms with Gasteiger partial charge in [-0.1, -0.05) is 11.6 Å². The highest BCUT2D eigenvalue weighted by Crippen LogP contribution is 2.31. The summed E-state index contributed by atoms with van der Waals surface area (Å²) >= 11 is 6.95. The van der Waals surface area contributed by atoms with Crippen molar-refractivity contribution in [3.63, 3.8) is 0 Å². The maximum absolute atomic E-state index is 10.8. The predicted octanol–water partition coefficient (Wildman–Crippen LogP) is 3.00. The van der Waals surface area contributed by atoms with Gasteiger partial charge in [0.25, 0.3) is 5.69 Å². The number of nitro groups is 1. The lowest BCUT2D eigenvalue weighted by Gasteiger charge is -1.98. The first-order valence-electron chi connectivity index (χ1n) is 5.08. The molecule has 0 aliphatic heterocycles. The van der Waals surface area contributed by atoms with E-state index in [-0.39, 0.29) is 17.1 Å². The summed E-state index contributed by atoms with van der Waals surface area (Å²) in [7, 11) is 0. The zero-order valence-electron chi connectivity index (χ0n) is 9.37. The molecule has 1 aromatic heterocycles. The molecule has 1 heterocycles. The number of halogens is 1. The number of carboxylic acid groups (broad SMARTS) is 1. The Morgan fingerprint density at radius 3 is 2.89 bits per heavy atom. The summed E-state index contributed by atoms with van der Waals surface area (Å²) in [6.07, 6.45) is -0.174. The number of carbonyl (C=O) groups is 1. The number of nitrogens with zero attached hydrogens (tertiary/aromatic N) is 2. The second kappa shape index (κ2) is 5.33. The van der Waals surface area contributed by atoms with Crippen LogP contribution in [0.1, 0.15) is 5.69 Å². The molecule has 0 aliphatic rings. The molecule has 98 valence electrons. The number of rotatable bonds is 4. The van der Waals surface area contributed by atoms with E-state index < -0.39 is 10.9 Å². The van der Waals surface area contributed by atoms with Crippen molar-refractivity contribution in [2.45, 2.75) is 6.42 Å². The van der Waals surface area contributed by atoms with Gasteiger partial charge in [0.1, 0.15) is 10.0 Å². The van der Waals surface area contributed by atoms with Crippen LogP contribution < -0.4 is 0 Å². The van der Waals surface area contributed by atoms with Crippen LogP contribution in [0.4, 0.5) is 5.69 Å². The van der Waals surface area contributed by atoms with Gasteiger partial charge in [-0.3, -0.25) is 14.9 Å². The fourth-order valence-electron chi connectivity index (χ4n) is 1.46. The van der Waals surface area contributed by atoms with Crippen molar-refractivity contribution >= 4 is 34.6 Å². The molecule has 0 unspecified atom stereocenters. The molecular formula is C11H7ClN2O4S. The van der Waals surface area contributed by atoms with Gasteiger partial charge < -0.3 is 5.11 Å². The van der Waals surface area contributed by atoms with Crippen LogP contribution in [0.25, 0.3) is 10.6 Å². The Bertz CT molecular complexity index is 656. The third kappa shape index (κ3) is 3.07. The van der Waals surface area contributed by atoms with E-state index >= 15 is 0 Å². The molecule has 0 spiro atoms. The number of carboxylic acids is 1. The fourth-order valence-corrected chi connectivity index (χ4v) is 2.46. The van der Waals surface area contributed by atoms with Gasteiger partial charge in [0.2, 0.25) is 0 Å². The summed E-state index contributed by atoms with van der Waals surface area (Å²) in [5.41, 5.74) is 0.761. The van der Waals surface area contributed by atoms with Gasteiger partial charge in [-0.15, -0.1) is 11.3 Å². The van der Waals surface area contributed by atoms with E-state index in [1.165, 1.54) is 23.5 Å². The Kier molecular flexibility index (Phi) is 3.77. The van der Waals surface area contributed by atoms with Gasteiger partial charge in [0, 0.05) is 17.0 Å². The molecule has 0 bridgehead atoms. The van der Waals surface area contributed by atoms with Crippen LogP contribution in [-0.4, -0.2) is 21.0 Å². The summed E-state index contributed by atoms with van der Waals surface area (Å²) in [5, 5.41) is 21.6. The van der Waals surface area contributed by atoms with Gasteiger partial charge in [-0.25, -0.2) is 4.98 Å². The number of thiazole rings is 1. The van der Waals surface area contributed by atoms with Crippen LogP contribution in [0.3, 0.4) is 0 Å². The normalized spacial score (nSPS) is 10.4. The minimum absolute atomic E-state index is 0.0519. The lowest BCUT2D eigenvalue weighted by Crippen LogP contribution is -1.99. The van der Waals surface area contributed by atoms with Gasteiger partial charge in [-0.05, 0) is 12.1 Å². The lowest BCUT2D eigenvalue weighted by molar-refractivity contribution is -0.384. The van der Waals surface area contributed by atoms with Gasteiger partial charge in [0.15, 0.2) is 0 Å². The molecule has 1 N–H and O–H groups in total. The van der Waals surface area contributed by atoms with Gasteiger partial charge in [0.05, 0.1) is 17.0 Å². The number of benzene rings is 1. The van der Waals surface area contributed by atoms with Crippen LogP contribution in [0, 0.1) is 10.1 Å². The van der Waals surface area contributed by atoms with Crippen molar-refractivity contribution in [1.82, 2.24) is 4.98 Å². The summed E-state index contributed by atoms with van der Waals surface area (Å²) in [6.45, 7) is 0. The minimum atomic E-state index is -0.973. The molecule has 6 nitrogen and oxygen atoms in total. The first-order chi connectivity index (χ1) is 8.97. The zero-order chi connectivity index (χ0) is 14.0. The van der Waals surface area contributed by atoms with Crippen molar-refractivity contribution in [2.75, 3.05) is 0 Å². The highest BCUT2D eigenvalue weighted by molar-refractivity contribution is 7.13. The molecule has 0 saturated carbocycles. The minimum Gasteiger partial charge on any atom is -0.481 e. The molecule has 0 fully saturated rings. The predicted molar refractivity (Wildman–Crippen MR) is 70.6 cm³/mol. The van der Waals surface area contributed by atoms with Crippen LogP contribution in [0.15, 0.2) is 23.6 Å². The number of aromatic nitrogens is 1. The van der Waals surface area contributed by atoms with Crippen LogP contribution in [-0.2, 0) is 11.2 Å². The number of hydrogen-bond acceptors (Lipinski definition) is 5. The van der Waals surface area contributed by atoms with E-state index in [1.54, 1.807) is 11.4 Å². The van der Waals surface area contributed by atoms with Crippen molar-refractivity contribution in [3.05, 3.63) is 44.4 Å². The average Bonchev–Trinajstić information content (AvgIpc) is 2.76. The van der Waals surface area contributed by atoms with Crippen molar-refractivity contribution in [1.29, 1.82) is 0 Å². The fraction of sp³-hybridized carbons (Fsp3) is 0.0909. The Hall–Kier alpha value is -1.99. The van der Waals surface area contributed by atoms with Gasteiger partial charge >= 0.3 is 5.97 Å².